The molecule has 2 heteroatoms. The maximum absolute atomic E-state index is 2.45. The monoisotopic (exact) mass is 660 g/mol. The molecule has 1 heterocycles. The summed E-state index contributed by atoms with van der Waals surface area (Å²) in [6.07, 6.45) is 0. The van der Waals surface area contributed by atoms with Crippen LogP contribution in [0.4, 0.5) is 17.1 Å². The summed E-state index contributed by atoms with van der Waals surface area (Å²) in [4.78, 5) is 2.45. The summed E-state index contributed by atoms with van der Waals surface area (Å²) in [7, 11) is 0. The second-order valence-corrected chi connectivity index (χ2v) is 13.7. The molecular formula is C50H32N2. The maximum atomic E-state index is 2.45. The Balaban J connectivity index is 1.18. The van der Waals surface area contributed by atoms with Crippen LogP contribution in [0.25, 0.3) is 81.4 Å². The number of hydrogen-bond donors (Lipinski definition) is 0. The Morgan fingerprint density at radius 1 is 0.308 bits per heavy atom. The van der Waals surface area contributed by atoms with Crippen molar-refractivity contribution in [2.75, 3.05) is 4.90 Å². The number of fused-ring (bicyclic) bond motifs is 12. The third-order valence-electron chi connectivity index (χ3n) is 10.9. The van der Waals surface area contributed by atoms with Gasteiger partial charge in [-0.1, -0.05) is 140 Å². The molecule has 0 atom stereocenters. The van der Waals surface area contributed by atoms with Crippen molar-refractivity contribution in [1.29, 1.82) is 0 Å². The molecule has 0 fully saturated rings. The number of hydrogen-bond acceptors (Lipinski definition) is 1. The molecule has 0 saturated heterocycles. The van der Waals surface area contributed by atoms with Crippen molar-refractivity contribution in [3.05, 3.63) is 194 Å². The first kappa shape index (κ1) is 28.9. The Morgan fingerprint density at radius 2 is 0.788 bits per heavy atom. The van der Waals surface area contributed by atoms with E-state index in [1.54, 1.807) is 0 Å². The average Bonchev–Trinajstić information content (AvgIpc) is 3.56. The summed E-state index contributed by atoms with van der Waals surface area (Å²) in [6.45, 7) is 0. The van der Waals surface area contributed by atoms with Gasteiger partial charge in [0.2, 0.25) is 0 Å². The molecule has 0 saturated carbocycles. The predicted octanol–water partition coefficient (Wildman–Crippen LogP) is 14.0. The lowest BCUT2D eigenvalue weighted by Crippen LogP contribution is -2.11. The highest BCUT2D eigenvalue weighted by Crippen LogP contribution is 2.44. The topological polar surface area (TPSA) is 8.17 Å². The van der Waals surface area contributed by atoms with Crippen LogP contribution in [-0.4, -0.2) is 4.57 Å². The summed E-state index contributed by atoms with van der Waals surface area (Å²) >= 11 is 0. The van der Waals surface area contributed by atoms with Gasteiger partial charge < -0.3 is 9.47 Å². The van der Waals surface area contributed by atoms with E-state index in [-0.39, 0.29) is 0 Å². The largest absolute Gasteiger partial charge is 0.310 e. The number of anilines is 3. The fourth-order valence-electron chi connectivity index (χ4n) is 8.64. The van der Waals surface area contributed by atoms with E-state index in [4.69, 9.17) is 0 Å². The van der Waals surface area contributed by atoms with Gasteiger partial charge in [0.05, 0.1) is 16.7 Å². The van der Waals surface area contributed by atoms with Crippen LogP contribution in [0.15, 0.2) is 194 Å². The van der Waals surface area contributed by atoms with E-state index in [0.717, 1.165) is 22.7 Å². The standard InChI is InChI=1S/C50H32N2/c1-2-14-38-33(12-1)24-25-34-13-11-23-49(50(34)38)51(37-30-31-43-41-17-4-3-15-39(41)40-16-5-6-18-42(40)46(43)32-37)35-26-28-36(29-27-35)52-47-21-9-7-19-44(47)45-20-8-10-22-48(45)52/h1-32H. The molecule has 242 valence electrons. The minimum absolute atomic E-state index is 1.11. The van der Waals surface area contributed by atoms with Crippen LogP contribution in [0.1, 0.15) is 0 Å². The molecule has 0 aliphatic heterocycles. The van der Waals surface area contributed by atoms with Gasteiger partial charge in [-0.2, -0.15) is 0 Å². The molecular weight excluding hydrogens is 629 g/mol. The van der Waals surface area contributed by atoms with Crippen molar-refractivity contribution in [1.82, 2.24) is 4.57 Å². The van der Waals surface area contributed by atoms with Gasteiger partial charge in [0.25, 0.3) is 0 Å². The van der Waals surface area contributed by atoms with E-state index in [0.29, 0.717) is 0 Å². The highest BCUT2D eigenvalue weighted by atomic mass is 15.1. The third-order valence-corrected chi connectivity index (χ3v) is 10.9. The Bertz CT molecular complexity index is 3100. The molecule has 1 aromatic heterocycles. The highest BCUT2D eigenvalue weighted by Gasteiger charge is 2.20. The van der Waals surface area contributed by atoms with Gasteiger partial charge >= 0.3 is 0 Å². The Kier molecular flexibility index (Phi) is 6.28. The van der Waals surface area contributed by atoms with E-state index < -0.39 is 0 Å². The molecule has 0 aliphatic carbocycles. The minimum atomic E-state index is 1.11. The lowest BCUT2D eigenvalue weighted by atomic mass is 9.93. The van der Waals surface area contributed by atoms with Crippen molar-refractivity contribution in [3.63, 3.8) is 0 Å². The molecule has 2 nitrogen and oxygen atoms in total. The van der Waals surface area contributed by atoms with Crippen molar-refractivity contribution >= 4 is 92.7 Å². The van der Waals surface area contributed by atoms with E-state index >= 15 is 0 Å². The minimum Gasteiger partial charge on any atom is -0.310 e. The molecule has 0 aliphatic rings. The van der Waals surface area contributed by atoms with Gasteiger partial charge in [-0.3, -0.25) is 0 Å². The first-order valence-corrected chi connectivity index (χ1v) is 17.9. The normalized spacial score (nSPS) is 11.8. The van der Waals surface area contributed by atoms with E-state index in [9.17, 15) is 0 Å². The number of rotatable bonds is 4. The molecule has 11 rings (SSSR count). The summed E-state index contributed by atoms with van der Waals surface area (Å²) in [6, 6.07) is 71.1. The molecule has 0 radical (unpaired) electrons. The van der Waals surface area contributed by atoms with Crippen LogP contribution >= 0.6 is 0 Å². The van der Waals surface area contributed by atoms with Crippen LogP contribution in [0.3, 0.4) is 0 Å². The molecule has 10 aromatic carbocycles. The zero-order valence-corrected chi connectivity index (χ0v) is 28.4. The van der Waals surface area contributed by atoms with Crippen molar-refractivity contribution in [2.45, 2.75) is 0 Å². The lowest BCUT2D eigenvalue weighted by molar-refractivity contribution is 1.17. The van der Waals surface area contributed by atoms with Crippen molar-refractivity contribution in [2.24, 2.45) is 0 Å². The van der Waals surface area contributed by atoms with Gasteiger partial charge in [0.1, 0.15) is 0 Å². The first-order chi connectivity index (χ1) is 25.8. The smallest absolute Gasteiger partial charge is 0.0546 e. The lowest BCUT2D eigenvalue weighted by Gasteiger charge is -2.28. The van der Waals surface area contributed by atoms with E-state index in [1.807, 2.05) is 0 Å². The number of para-hydroxylation sites is 2. The maximum Gasteiger partial charge on any atom is 0.0546 e. The number of nitrogens with zero attached hydrogens (tertiary/aromatic N) is 2. The zero-order chi connectivity index (χ0) is 34.2. The molecule has 0 unspecified atom stereocenters. The Morgan fingerprint density at radius 3 is 1.44 bits per heavy atom. The first-order valence-electron chi connectivity index (χ1n) is 17.9. The van der Waals surface area contributed by atoms with Gasteiger partial charge in [0, 0.05) is 33.2 Å². The van der Waals surface area contributed by atoms with Gasteiger partial charge in [-0.05, 0) is 103 Å². The average molecular weight is 661 g/mol. The molecule has 0 N–H and O–H groups in total. The predicted molar refractivity (Wildman–Crippen MR) is 223 cm³/mol. The molecule has 0 spiro atoms. The van der Waals surface area contributed by atoms with Crippen LogP contribution in [0.2, 0.25) is 0 Å². The quantitative estimate of drug-likeness (QED) is 0.171. The zero-order valence-electron chi connectivity index (χ0n) is 28.4. The summed E-state index contributed by atoms with van der Waals surface area (Å²) in [5, 5.41) is 15.1. The Labute approximate surface area is 301 Å². The second-order valence-electron chi connectivity index (χ2n) is 13.7. The summed E-state index contributed by atoms with van der Waals surface area (Å²) in [5.74, 6) is 0. The molecule has 0 amide bonds. The van der Waals surface area contributed by atoms with Crippen molar-refractivity contribution < 1.29 is 0 Å². The summed E-state index contributed by atoms with van der Waals surface area (Å²) < 4.78 is 2.39. The fourth-order valence-corrected chi connectivity index (χ4v) is 8.64. The molecule has 0 bridgehead atoms. The SMILES string of the molecule is c1ccc2c(c1)ccc1cccc(N(c3ccc(-n4c5ccccc5c5ccccc54)cc3)c3ccc4c5ccccc5c5ccccc5c4c3)c12. The fraction of sp³-hybridized carbons (Fsp3) is 0. The van der Waals surface area contributed by atoms with Crippen LogP contribution in [0, 0.1) is 0 Å². The molecule has 52 heavy (non-hydrogen) atoms. The van der Waals surface area contributed by atoms with E-state index in [1.165, 1.54) is 75.7 Å². The van der Waals surface area contributed by atoms with Gasteiger partial charge in [-0.15, -0.1) is 0 Å². The molecule has 11 aromatic rings. The van der Waals surface area contributed by atoms with E-state index in [2.05, 4.69) is 204 Å². The van der Waals surface area contributed by atoms with Crippen LogP contribution < -0.4 is 4.90 Å². The van der Waals surface area contributed by atoms with Crippen molar-refractivity contribution in [3.8, 4) is 5.69 Å². The second kappa shape index (κ2) is 11.3. The number of aromatic nitrogens is 1. The summed E-state index contributed by atoms with van der Waals surface area (Å²) in [5.41, 5.74) is 6.95. The number of benzene rings is 10. The highest BCUT2D eigenvalue weighted by molar-refractivity contribution is 6.26. The van der Waals surface area contributed by atoms with Crippen LogP contribution in [-0.2, 0) is 0 Å². The third kappa shape index (κ3) is 4.25. The van der Waals surface area contributed by atoms with Crippen LogP contribution in [0.5, 0.6) is 0 Å². The Hall–Kier alpha value is -6.90. The van der Waals surface area contributed by atoms with Gasteiger partial charge in [0.15, 0.2) is 0 Å². The van der Waals surface area contributed by atoms with Gasteiger partial charge in [-0.25, -0.2) is 0 Å².